The summed E-state index contributed by atoms with van der Waals surface area (Å²) in [6.07, 6.45) is 2.51. The molecule has 102 valence electrons. The molecule has 0 amide bonds. The summed E-state index contributed by atoms with van der Waals surface area (Å²) in [5.74, 6) is 2.51. The first-order chi connectivity index (χ1) is 7.99. The third-order valence-corrected chi connectivity index (χ3v) is 5.06. The second kappa shape index (κ2) is 6.44. The minimum atomic E-state index is 0.269. The maximum atomic E-state index is 3.72. The van der Waals surface area contributed by atoms with Crippen molar-refractivity contribution in [2.45, 2.75) is 58.5 Å². The molecular formula is C14H30N2S. The van der Waals surface area contributed by atoms with Crippen molar-refractivity contribution in [2.75, 3.05) is 31.1 Å². The molecule has 1 heterocycles. The van der Waals surface area contributed by atoms with Crippen molar-refractivity contribution in [1.82, 2.24) is 10.2 Å². The van der Waals surface area contributed by atoms with Gasteiger partial charge in [-0.3, -0.25) is 4.90 Å². The van der Waals surface area contributed by atoms with E-state index in [9.17, 15) is 0 Å². The molecule has 0 bridgehead atoms. The number of nitrogens with one attached hydrogen (secondary N) is 1. The van der Waals surface area contributed by atoms with E-state index in [1.807, 2.05) is 0 Å². The summed E-state index contributed by atoms with van der Waals surface area (Å²) in [6, 6.07) is 0. The van der Waals surface area contributed by atoms with Gasteiger partial charge < -0.3 is 5.32 Å². The zero-order valence-electron chi connectivity index (χ0n) is 12.3. The number of hydrogen-bond acceptors (Lipinski definition) is 3. The van der Waals surface area contributed by atoms with E-state index < -0.39 is 0 Å². The summed E-state index contributed by atoms with van der Waals surface area (Å²) in [7, 11) is 0. The molecule has 1 fully saturated rings. The van der Waals surface area contributed by atoms with Crippen LogP contribution >= 0.6 is 11.8 Å². The first kappa shape index (κ1) is 15.3. The Kier molecular flexibility index (Phi) is 5.81. The monoisotopic (exact) mass is 258 g/mol. The van der Waals surface area contributed by atoms with Gasteiger partial charge in [0.2, 0.25) is 0 Å². The van der Waals surface area contributed by atoms with Crippen molar-refractivity contribution in [3.8, 4) is 0 Å². The van der Waals surface area contributed by atoms with Crippen LogP contribution < -0.4 is 5.32 Å². The molecule has 0 aliphatic carbocycles. The molecular weight excluding hydrogens is 228 g/mol. The molecule has 0 aromatic heterocycles. The Hall–Kier alpha value is 0.270. The van der Waals surface area contributed by atoms with Crippen LogP contribution in [0, 0.1) is 0 Å². The van der Waals surface area contributed by atoms with E-state index in [2.05, 4.69) is 56.6 Å². The molecule has 0 saturated carbocycles. The molecule has 2 nitrogen and oxygen atoms in total. The number of rotatable bonds is 6. The van der Waals surface area contributed by atoms with Gasteiger partial charge in [-0.15, -0.1) is 0 Å². The molecule has 17 heavy (non-hydrogen) atoms. The van der Waals surface area contributed by atoms with Gasteiger partial charge in [-0.2, -0.15) is 11.8 Å². The van der Waals surface area contributed by atoms with Crippen molar-refractivity contribution < 1.29 is 0 Å². The average molecular weight is 258 g/mol. The Labute approximate surface area is 112 Å². The molecule has 0 aromatic rings. The first-order valence-electron chi connectivity index (χ1n) is 7.07. The van der Waals surface area contributed by atoms with E-state index in [4.69, 9.17) is 0 Å². The maximum absolute atomic E-state index is 3.72. The van der Waals surface area contributed by atoms with E-state index in [-0.39, 0.29) is 5.54 Å². The third-order valence-electron chi connectivity index (χ3n) is 4.18. The molecule has 0 spiro atoms. The molecule has 1 aliphatic heterocycles. The van der Waals surface area contributed by atoms with Crippen LogP contribution in [0.25, 0.3) is 0 Å². The highest BCUT2D eigenvalue weighted by Crippen LogP contribution is 2.30. The largest absolute Gasteiger partial charge is 0.309 e. The highest BCUT2D eigenvalue weighted by Gasteiger charge is 2.41. The minimum absolute atomic E-state index is 0.269. The van der Waals surface area contributed by atoms with Crippen LogP contribution in [0.3, 0.4) is 0 Å². The van der Waals surface area contributed by atoms with Gasteiger partial charge in [0.1, 0.15) is 0 Å². The Morgan fingerprint density at radius 2 is 1.82 bits per heavy atom. The molecule has 1 saturated heterocycles. The molecule has 3 heteroatoms. The predicted octanol–water partition coefficient (Wildman–Crippen LogP) is 2.98. The lowest BCUT2D eigenvalue weighted by Gasteiger charge is -2.52. The van der Waals surface area contributed by atoms with E-state index in [0.29, 0.717) is 5.54 Å². The Morgan fingerprint density at radius 1 is 1.18 bits per heavy atom. The Bertz CT molecular complexity index is 224. The van der Waals surface area contributed by atoms with Gasteiger partial charge in [0.25, 0.3) is 0 Å². The molecule has 0 unspecified atom stereocenters. The van der Waals surface area contributed by atoms with Crippen LogP contribution in [0.2, 0.25) is 0 Å². The second-order valence-corrected chi connectivity index (χ2v) is 7.18. The number of thioether (sulfide) groups is 1. The van der Waals surface area contributed by atoms with Crippen LogP contribution in [0.5, 0.6) is 0 Å². The number of hydrogen-bond donors (Lipinski definition) is 1. The van der Waals surface area contributed by atoms with E-state index in [0.717, 1.165) is 6.54 Å². The van der Waals surface area contributed by atoms with Gasteiger partial charge in [-0.25, -0.2) is 0 Å². The summed E-state index contributed by atoms with van der Waals surface area (Å²) in [4.78, 5) is 2.74. The SMILES string of the molecule is CCSCCN1CC(C)(C)NCC1(CC)CC. The van der Waals surface area contributed by atoms with E-state index >= 15 is 0 Å². The van der Waals surface area contributed by atoms with Gasteiger partial charge in [-0.05, 0) is 32.4 Å². The smallest absolute Gasteiger partial charge is 0.0330 e. The molecule has 1 rings (SSSR count). The highest BCUT2D eigenvalue weighted by molar-refractivity contribution is 7.99. The zero-order chi connectivity index (χ0) is 12.9. The van der Waals surface area contributed by atoms with Crippen LogP contribution in [-0.4, -0.2) is 47.1 Å². The molecule has 1 N–H and O–H groups in total. The van der Waals surface area contributed by atoms with Crippen LogP contribution in [0.15, 0.2) is 0 Å². The molecule has 0 radical (unpaired) electrons. The topological polar surface area (TPSA) is 15.3 Å². The summed E-state index contributed by atoms with van der Waals surface area (Å²) in [6.45, 7) is 15.1. The number of piperazine rings is 1. The first-order valence-corrected chi connectivity index (χ1v) is 8.23. The normalized spacial score (nSPS) is 23.8. The van der Waals surface area contributed by atoms with Crippen molar-refractivity contribution in [2.24, 2.45) is 0 Å². The summed E-state index contributed by atoms with van der Waals surface area (Å²) in [5, 5.41) is 3.72. The quantitative estimate of drug-likeness (QED) is 0.737. The fourth-order valence-corrected chi connectivity index (χ4v) is 3.44. The van der Waals surface area contributed by atoms with Crippen molar-refractivity contribution in [3.63, 3.8) is 0 Å². The van der Waals surface area contributed by atoms with Crippen LogP contribution in [0.4, 0.5) is 0 Å². The van der Waals surface area contributed by atoms with Crippen LogP contribution in [0.1, 0.15) is 47.5 Å². The summed E-state index contributed by atoms with van der Waals surface area (Å²) in [5.41, 5.74) is 0.661. The summed E-state index contributed by atoms with van der Waals surface area (Å²) >= 11 is 2.06. The number of nitrogens with zero attached hydrogens (tertiary/aromatic N) is 1. The lowest BCUT2D eigenvalue weighted by atomic mass is 9.84. The summed E-state index contributed by atoms with van der Waals surface area (Å²) < 4.78 is 0. The molecule has 0 aromatic carbocycles. The van der Waals surface area contributed by atoms with Gasteiger partial charge in [0.15, 0.2) is 0 Å². The van der Waals surface area contributed by atoms with Crippen LogP contribution in [-0.2, 0) is 0 Å². The third kappa shape index (κ3) is 3.87. The van der Waals surface area contributed by atoms with E-state index in [1.165, 1.54) is 37.4 Å². The Morgan fingerprint density at radius 3 is 2.35 bits per heavy atom. The van der Waals surface area contributed by atoms with E-state index in [1.54, 1.807) is 0 Å². The predicted molar refractivity (Wildman–Crippen MR) is 80.0 cm³/mol. The van der Waals surface area contributed by atoms with Gasteiger partial charge in [0.05, 0.1) is 0 Å². The highest BCUT2D eigenvalue weighted by atomic mass is 32.2. The van der Waals surface area contributed by atoms with Crippen molar-refractivity contribution >= 4 is 11.8 Å². The molecule has 1 aliphatic rings. The Balaban J connectivity index is 2.67. The lowest BCUT2D eigenvalue weighted by molar-refractivity contribution is 0.0143. The van der Waals surface area contributed by atoms with Gasteiger partial charge >= 0.3 is 0 Å². The second-order valence-electron chi connectivity index (χ2n) is 5.79. The van der Waals surface area contributed by atoms with Crippen molar-refractivity contribution in [3.05, 3.63) is 0 Å². The lowest BCUT2D eigenvalue weighted by Crippen LogP contribution is -2.68. The average Bonchev–Trinajstić information content (AvgIpc) is 2.30. The van der Waals surface area contributed by atoms with Gasteiger partial charge in [0, 0.05) is 36.5 Å². The molecule has 0 atom stereocenters. The van der Waals surface area contributed by atoms with Gasteiger partial charge in [-0.1, -0.05) is 20.8 Å². The van der Waals surface area contributed by atoms with Crippen molar-refractivity contribution in [1.29, 1.82) is 0 Å². The standard InChI is InChI=1S/C14H30N2S/c1-6-14(7-2)11-15-13(4,5)12-16(14)9-10-17-8-3/h15H,6-12H2,1-5H3. The fraction of sp³-hybridized carbons (Fsp3) is 1.00. The maximum Gasteiger partial charge on any atom is 0.0330 e. The fourth-order valence-electron chi connectivity index (χ4n) is 2.80. The zero-order valence-corrected chi connectivity index (χ0v) is 13.1. The minimum Gasteiger partial charge on any atom is -0.309 e.